The van der Waals surface area contributed by atoms with Crippen molar-refractivity contribution < 1.29 is 4.79 Å². The lowest BCUT2D eigenvalue weighted by molar-refractivity contribution is -0.113. The largest absolute Gasteiger partial charge is 0.374 e. The summed E-state index contributed by atoms with van der Waals surface area (Å²) in [6, 6.07) is 17.0. The minimum Gasteiger partial charge on any atom is -0.374 e. The highest BCUT2D eigenvalue weighted by molar-refractivity contribution is 7.80. The van der Waals surface area contributed by atoms with Gasteiger partial charge in [-0.05, 0) is 48.1 Å². The van der Waals surface area contributed by atoms with Gasteiger partial charge in [0.2, 0.25) is 0 Å². The smallest absolute Gasteiger partial charge is 0.281 e. The third-order valence-corrected chi connectivity index (χ3v) is 4.78. The average Bonchev–Trinajstić information content (AvgIpc) is 2.94. The van der Waals surface area contributed by atoms with E-state index in [1.165, 1.54) is 4.90 Å². The van der Waals surface area contributed by atoms with E-state index in [0.717, 1.165) is 11.3 Å². The Morgan fingerprint density at radius 2 is 1.96 bits per heavy atom. The summed E-state index contributed by atoms with van der Waals surface area (Å²) in [7, 11) is 1.94. The quantitative estimate of drug-likeness (QED) is 0.612. The van der Waals surface area contributed by atoms with Gasteiger partial charge in [-0.2, -0.15) is 5.26 Å². The Labute approximate surface area is 168 Å². The number of para-hydroxylation sites is 1. The second-order valence-electron chi connectivity index (χ2n) is 6.00. The van der Waals surface area contributed by atoms with Crippen LogP contribution in [0.2, 0.25) is 5.02 Å². The van der Waals surface area contributed by atoms with Crippen LogP contribution in [0.1, 0.15) is 12.0 Å². The number of rotatable bonds is 5. The summed E-state index contributed by atoms with van der Waals surface area (Å²) in [5.74, 6) is -0.247. The number of hydrogen-bond donors (Lipinski definition) is 1. The van der Waals surface area contributed by atoms with Crippen molar-refractivity contribution in [2.75, 3.05) is 23.4 Å². The van der Waals surface area contributed by atoms with Gasteiger partial charge in [0.05, 0.1) is 23.2 Å². The molecule has 2 aromatic carbocycles. The predicted molar refractivity (Wildman–Crippen MR) is 113 cm³/mol. The molecule has 1 heterocycles. The van der Waals surface area contributed by atoms with Crippen molar-refractivity contribution in [3.63, 3.8) is 0 Å². The number of halogens is 1. The highest BCUT2D eigenvalue weighted by atomic mass is 35.5. The molecule has 0 bridgehead atoms. The van der Waals surface area contributed by atoms with Gasteiger partial charge in [-0.15, -0.1) is 0 Å². The number of nitrogens with zero attached hydrogens (tertiary/aromatic N) is 3. The van der Waals surface area contributed by atoms with Crippen LogP contribution in [0.4, 0.5) is 11.4 Å². The molecular weight excluding hydrogens is 380 g/mol. The molecule has 0 radical (unpaired) electrons. The van der Waals surface area contributed by atoms with Crippen molar-refractivity contribution in [1.29, 1.82) is 5.26 Å². The number of carbonyl (C=O) groups is 1. The highest BCUT2D eigenvalue weighted by Crippen LogP contribution is 2.29. The summed E-state index contributed by atoms with van der Waals surface area (Å²) < 4.78 is 0. The molecule has 1 aliphatic heterocycles. The molecule has 0 atom stereocenters. The fourth-order valence-corrected chi connectivity index (χ4v) is 3.24. The molecular formula is C20H17ClN4OS. The Hall–Kier alpha value is -2.88. The Kier molecular flexibility index (Phi) is 5.75. The van der Waals surface area contributed by atoms with Crippen LogP contribution in [0.25, 0.3) is 6.08 Å². The van der Waals surface area contributed by atoms with Crippen LogP contribution in [-0.2, 0) is 4.79 Å². The molecule has 1 fully saturated rings. The van der Waals surface area contributed by atoms with E-state index in [4.69, 9.17) is 29.1 Å². The number of amides is 1. The molecule has 1 saturated heterocycles. The van der Waals surface area contributed by atoms with E-state index >= 15 is 0 Å². The van der Waals surface area contributed by atoms with Crippen molar-refractivity contribution in [2.45, 2.75) is 6.42 Å². The molecule has 0 saturated carbocycles. The predicted octanol–water partition coefficient (Wildman–Crippen LogP) is 3.95. The minimum absolute atomic E-state index is 0.247. The monoisotopic (exact) mass is 396 g/mol. The van der Waals surface area contributed by atoms with E-state index in [1.807, 2.05) is 36.2 Å². The Balaban J connectivity index is 1.80. The van der Waals surface area contributed by atoms with E-state index in [1.54, 1.807) is 30.3 Å². The lowest BCUT2D eigenvalue weighted by Gasteiger charge is -2.17. The number of carbonyl (C=O) groups excluding carboxylic acids is 1. The van der Waals surface area contributed by atoms with Gasteiger partial charge in [0.15, 0.2) is 5.11 Å². The first-order valence-corrected chi connectivity index (χ1v) is 9.09. The van der Waals surface area contributed by atoms with Gasteiger partial charge in [0, 0.05) is 19.3 Å². The van der Waals surface area contributed by atoms with Crippen molar-refractivity contribution in [3.8, 4) is 6.07 Å². The standard InChI is InChI=1S/C20H17ClN4OS/c1-24(12-4-11-22)15-9-7-14(8-10-15)13-17-19(26)25(20(27)23-17)18-6-3-2-5-16(18)21/h2-3,5-10,13H,4,12H2,1H3,(H,23,27)/b17-13-. The zero-order valence-electron chi connectivity index (χ0n) is 14.6. The topological polar surface area (TPSA) is 59.4 Å². The van der Waals surface area contributed by atoms with Crippen LogP contribution in [0, 0.1) is 11.3 Å². The summed E-state index contributed by atoms with van der Waals surface area (Å²) in [5, 5.41) is 12.4. The minimum atomic E-state index is -0.247. The van der Waals surface area contributed by atoms with Crippen molar-refractivity contribution in [3.05, 3.63) is 64.8 Å². The van der Waals surface area contributed by atoms with Gasteiger partial charge < -0.3 is 10.2 Å². The maximum absolute atomic E-state index is 12.8. The number of benzene rings is 2. The van der Waals surface area contributed by atoms with Gasteiger partial charge in [0.25, 0.3) is 5.91 Å². The summed E-state index contributed by atoms with van der Waals surface area (Å²) in [6.07, 6.45) is 2.22. The normalized spacial score (nSPS) is 15.0. The number of hydrogen-bond acceptors (Lipinski definition) is 4. The van der Waals surface area contributed by atoms with E-state index in [2.05, 4.69) is 11.4 Å². The fourth-order valence-electron chi connectivity index (χ4n) is 2.73. The molecule has 136 valence electrons. The first kappa shape index (κ1) is 18.9. The lowest BCUT2D eigenvalue weighted by atomic mass is 10.1. The summed E-state index contributed by atoms with van der Waals surface area (Å²) in [5.41, 5.74) is 2.82. The number of anilines is 2. The first-order chi connectivity index (χ1) is 13.0. The van der Waals surface area contributed by atoms with Crippen molar-refractivity contribution in [1.82, 2.24) is 5.32 Å². The van der Waals surface area contributed by atoms with Crippen LogP contribution in [-0.4, -0.2) is 24.6 Å². The molecule has 0 aromatic heterocycles. The molecule has 27 heavy (non-hydrogen) atoms. The van der Waals surface area contributed by atoms with E-state index < -0.39 is 0 Å². The maximum Gasteiger partial charge on any atom is 0.281 e. The fraction of sp³-hybridized carbons (Fsp3) is 0.150. The molecule has 2 aromatic rings. The molecule has 0 aliphatic carbocycles. The third kappa shape index (κ3) is 4.11. The zero-order valence-corrected chi connectivity index (χ0v) is 16.2. The van der Waals surface area contributed by atoms with Crippen LogP contribution >= 0.6 is 23.8 Å². The lowest BCUT2D eigenvalue weighted by Crippen LogP contribution is -2.30. The van der Waals surface area contributed by atoms with E-state index in [0.29, 0.717) is 34.5 Å². The molecule has 0 spiro atoms. The zero-order chi connectivity index (χ0) is 19.4. The highest BCUT2D eigenvalue weighted by Gasteiger charge is 2.32. The summed E-state index contributed by atoms with van der Waals surface area (Å²) in [6.45, 7) is 0.665. The second kappa shape index (κ2) is 8.21. The average molecular weight is 397 g/mol. The van der Waals surface area contributed by atoms with Gasteiger partial charge in [-0.25, -0.2) is 0 Å². The molecule has 3 rings (SSSR count). The molecule has 0 unspecified atom stereocenters. The van der Waals surface area contributed by atoms with Gasteiger partial charge in [-0.3, -0.25) is 9.69 Å². The molecule has 1 amide bonds. The molecule has 1 N–H and O–H groups in total. The first-order valence-electron chi connectivity index (χ1n) is 8.31. The van der Waals surface area contributed by atoms with Gasteiger partial charge in [-0.1, -0.05) is 35.9 Å². The molecule has 1 aliphatic rings. The maximum atomic E-state index is 12.8. The molecule has 5 nitrogen and oxygen atoms in total. The van der Waals surface area contributed by atoms with Crippen LogP contribution < -0.4 is 15.1 Å². The number of nitriles is 1. The second-order valence-corrected chi connectivity index (χ2v) is 6.80. The van der Waals surface area contributed by atoms with Gasteiger partial charge in [0.1, 0.15) is 5.70 Å². The summed E-state index contributed by atoms with van der Waals surface area (Å²) in [4.78, 5) is 16.2. The molecule has 7 heteroatoms. The summed E-state index contributed by atoms with van der Waals surface area (Å²) >= 11 is 11.5. The SMILES string of the molecule is CN(CCC#N)c1ccc(/C=C2\NC(=S)N(c3ccccc3Cl)C2=O)cc1. The number of nitrogens with one attached hydrogen (secondary N) is 1. The third-order valence-electron chi connectivity index (χ3n) is 4.18. The van der Waals surface area contributed by atoms with Crippen LogP contribution in [0.15, 0.2) is 54.2 Å². The number of thiocarbonyl (C=S) groups is 1. The van der Waals surface area contributed by atoms with E-state index in [-0.39, 0.29) is 5.91 Å². The Morgan fingerprint density at radius 3 is 2.63 bits per heavy atom. The Morgan fingerprint density at radius 1 is 1.26 bits per heavy atom. The van der Waals surface area contributed by atoms with Crippen molar-refractivity contribution >= 4 is 52.3 Å². The Bertz CT molecular complexity index is 949. The van der Waals surface area contributed by atoms with Gasteiger partial charge >= 0.3 is 0 Å². The van der Waals surface area contributed by atoms with E-state index in [9.17, 15) is 4.79 Å². The van der Waals surface area contributed by atoms with Crippen LogP contribution in [0.5, 0.6) is 0 Å². The van der Waals surface area contributed by atoms with Crippen molar-refractivity contribution in [2.24, 2.45) is 0 Å². The van der Waals surface area contributed by atoms with Crippen LogP contribution in [0.3, 0.4) is 0 Å².